The standard InChI is InChI=1S/C25H26N2O3/c1-17-5-3-4-6-23(17)27(2)20-9-10-21-18(12-14-30-24(21)15-20)7-8-19-16-26-13-11-22(19)25(28)29/h3-6,9-11,13,15-16,18H,7-8,12,14H2,1-2H3,(H,28,29)/t18-/m1/s1. The summed E-state index contributed by atoms with van der Waals surface area (Å²) in [5.41, 5.74) is 5.80. The number of para-hydroxylation sites is 1. The fraction of sp³-hybridized carbons (Fsp3) is 0.280. The number of benzene rings is 2. The number of anilines is 2. The number of aromatic carboxylic acids is 1. The quantitative estimate of drug-likeness (QED) is 0.602. The maximum Gasteiger partial charge on any atom is 0.336 e. The van der Waals surface area contributed by atoms with Gasteiger partial charge in [0.05, 0.1) is 12.2 Å². The molecular formula is C25H26N2O3. The average molecular weight is 402 g/mol. The largest absolute Gasteiger partial charge is 0.493 e. The van der Waals surface area contributed by atoms with Gasteiger partial charge in [0.15, 0.2) is 0 Å². The zero-order chi connectivity index (χ0) is 21.1. The number of aryl methyl sites for hydroxylation is 2. The lowest BCUT2D eigenvalue weighted by Gasteiger charge is -2.28. The first-order valence-corrected chi connectivity index (χ1v) is 10.3. The molecule has 0 unspecified atom stereocenters. The zero-order valence-electron chi connectivity index (χ0n) is 17.3. The first-order chi connectivity index (χ1) is 14.5. The van der Waals surface area contributed by atoms with Gasteiger partial charge in [-0.05, 0) is 67.0 Å². The van der Waals surface area contributed by atoms with E-state index in [4.69, 9.17) is 4.74 Å². The van der Waals surface area contributed by atoms with E-state index in [0.717, 1.165) is 29.8 Å². The molecular weight excluding hydrogens is 376 g/mol. The summed E-state index contributed by atoms with van der Waals surface area (Å²) in [6.07, 6.45) is 5.69. The average Bonchev–Trinajstić information content (AvgIpc) is 2.77. The molecule has 1 aliphatic heterocycles. The number of nitrogens with zero attached hydrogens (tertiary/aromatic N) is 2. The van der Waals surface area contributed by atoms with E-state index in [0.29, 0.717) is 24.5 Å². The second-order valence-corrected chi connectivity index (χ2v) is 7.78. The van der Waals surface area contributed by atoms with Crippen molar-refractivity contribution in [1.82, 2.24) is 4.98 Å². The van der Waals surface area contributed by atoms with Gasteiger partial charge < -0.3 is 14.7 Å². The summed E-state index contributed by atoms with van der Waals surface area (Å²) in [6.45, 7) is 2.79. The SMILES string of the molecule is Cc1ccccc1N(C)c1ccc2c(c1)OCC[C@H]2CCc1cnccc1C(=O)O. The van der Waals surface area contributed by atoms with Crippen molar-refractivity contribution in [2.24, 2.45) is 0 Å². The fourth-order valence-corrected chi connectivity index (χ4v) is 4.20. The Morgan fingerprint density at radius 3 is 2.87 bits per heavy atom. The van der Waals surface area contributed by atoms with Crippen LogP contribution in [0.5, 0.6) is 5.75 Å². The summed E-state index contributed by atoms with van der Waals surface area (Å²) in [7, 11) is 2.07. The molecule has 154 valence electrons. The van der Waals surface area contributed by atoms with Crippen molar-refractivity contribution in [3.63, 3.8) is 0 Å². The first kappa shape index (κ1) is 20.0. The van der Waals surface area contributed by atoms with Crippen molar-refractivity contribution in [2.45, 2.75) is 32.1 Å². The molecule has 0 radical (unpaired) electrons. The molecule has 0 saturated carbocycles. The number of carbonyl (C=O) groups is 1. The van der Waals surface area contributed by atoms with Gasteiger partial charge in [-0.3, -0.25) is 4.98 Å². The topological polar surface area (TPSA) is 62.7 Å². The van der Waals surface area contributed by atoms with Crippen LogP contribution >= 0.6 is 0 Å². The number of hydrogen-bond acceptors (Lipinski definition) is 4. The van der Waals surface area contributed by atoms with Crippen LogP contribution in [-0.2, 0) is 6.42 Å². The summed E-state index contributed by atoms with van der Waals surface area (Å²) >= 11 is 0. The van der Waals surface area contributed by atoms with Crippen LogP contribution in [0.1, 0.15) is 45.8 Å². The monoisotopic (exact) mass is 402 g/mol. The molecule has 0 fully saturated rings. The van der Waals surface area contributed by atoms with Gasteiger partial charge in [-0.15, -0.1) is 0 Å². The molecule has 30 heavy (non-hydrogen) atoms. The van der Waals surface area contributed by atoms with Gasteiger partial charge in [0.2, 0.25) is 0 Å². The Labute approximate surface area is 177 Å². The van der Waals surface area contributed by atoms with E-state index in [9.17, 15) is 9.90 Å². The highest BCUT2D eigenvalue weighted by atomic mass is 16.5. The molecule has 0 saturated heterocycles. The van der Waals surface area contributed by atoms with E-state index in [1.165, 1.54) is 23.0 Å². The highest BCUT2D eigenvalue weighted by Gasteiger charge is 2.23. The Hall–Kier alpha value is -3.34. The number of fused-ring (bicyclic) bond motifs is 1. The van der Waals surface area contributed by atoms with Gasteiger partial charge in [-0.2, -0.15) is 0 Å². The summed E-state index contributed by atoms with van der Waals surface area (Å²) < 4.78 is 5.99. The lowest BCUT2D eigenvalue weighted by molar-refractivity contribution is 0.0695. The molecule has 5 nitrogen and oxygen atoms in total. The second-order valence-electron chi connectivity index (χ2n) is 7.78. The van der Waals surface area contributed by atoms with Crippen molar-refractivity contribution < 1.29 is 14.6 Å². The van der Waals surface area contributed by atoms with Crippen molar-refractivity contribution in [3.8, 4) is 5.75 Å². The number of hydrogen-bond donors (Lipinski definition) is 1. The Bertz CT molecular complexity index is 1060. The summed E-state index contributed by atoms with van der Waals surface area (Å²) in [5.74, 6) is 0.367. The number of pyridine rings is 1. The Morgan fingerprint density at radius 1 is 1.23 bits per heavy atom. The van der Waals surface area contributed by atoms with Gasteiger partial charge in [0.25, 0.3) is 0 Å². The molecule has 4 rings (SSSR count). The minimum absolute atomic E-state index is 0.340. The minimum atomic E-state index is -0.899. The predicted molar refractivity (Wildman–Crippen MR) is 118 cm³/mol. The lowest BCUT2D eigenvalue weighted by atomic mass is 9.87. The molecule has 1 atom stereocenters. The predicted octanol–water partition coefficient (Wildman–Crippen LogP) is 5.36. The maximum absolute atomic E-state index is 11.5. The highest BCUT2D eigenvalue weighted by Crippen LogP contribution is 2.40. The number of aromatic nitrogens is 1. The van der Waals surface area contributed by atoms with Crippen molar-refractivity contribution >= 4 is 17.3 Å². The minimum Gasteiger partial charge on any atom is -0.493 e. The third-order valence-corrected chi connectivity index (χ3v) is 5.92. The van der Waals surface area contributed by atoms with Crippen LogP contribution in [0.25, 0.3) is 0 Å². The Kier molecular flexibility index (Phi) is 5.70. The molecule has 0 aliphatic carbocycles. The molecule has 3 aromatic rings. The van der Waals surface area contributed by atoms with Gasteiger partial charge in [0.1, 0.15) is 5.75 Å². The first-order valence-electron chi connectivity index (χ1n) is 10.3. The van der Waals surface area contributed by atoms with Crippen LogP contribution in [0.15, 0.2) is 60.9 Å². The van der Waals surface area contributed by atoms with Crippen LogP contribution in [0.4, 0.5) is 11.4 Å². The van der Waals surface area contributed by atoms with E-state index in [1.807, 2.05) is 12.1 Å². The highest BCUT2D eigenvalue weighted by molar-refractivity contribution is 5.89. The summed E-state index contributed by atoms with van der Waals surface area (Å²) in [6, 6.07) is 16.3. The van der Waals surface area contributed by atoms with E-state index < -0.39 is 5.97 Å². The fourth-order valence-electron chi connectivity index (χ4n) is 4.20. The van der Waals surface area contributed by atoms with E-state index in [1.54, 1.807) is 12.3 Å². The molecule has 2 heterocycles. The molecule has 5 heteroatoms. The maximum atomic E-state index is 11.5. The molecule has 0 amide bonds. The number of ether oxygens (including phenoxy) is 1. The molecule has 2 aromatic carbocycles. The Balaban J connectivity index is 1.54. The summed E-state index contributed by atoms with van der Waals surface area (Å²) in [4.78, 5) is 17.7. The van der Waals surface area contributed by atoms with Crippen molar-refractivity contribution in [2.75, 3.05) is 18.6 Å². The van der Waals surface area contributed by atoms with E-state index in [2.05, 4.69) is 54.2 Å². The van der Waals surface area contributed by atoms with E-state index >= 15 is 0 Å². The van der Waals surface area contributed by atoms with E-state index in [-0.39, 0.29) is 0 Å². The van der Waals surface area contributed by atoms with Gasteiger partial charge >= 0.3 is 5.97 Å². The third kappa shape index (κ3) is 4.01. The second kappa shape index (κ2) is 8.57. The zero-order valence-corrected chi connectivity index (χ0v) is 17.3. The van der Waals surface area contributed by atoms with Crippen molar-refractivity contribution in [1.29, 1.82) is 0 Å². The molecule has 1 aromatic heterocycles. The van der Waals surface area contributed by atoms with Gasteiger partial charge in [0, 0.05) is 36.9 Å². The number of carboxylic acid groups (broad SMARTS) is 1. The van der Waals surface area contributed by atoms with Crippen LogP contribution < -0.4 is 9.64 Å². The van der Waals surface area contributed by atoms with Crippen LogP contribution in [0, 0.1) is 6.92 Å². The van der Waals surface area contributed by atoms with Gasteiger partial charge in [-0.25, -0.2) is 4.79 Å². The van der Waals surface area contributed by atoms with Crippen LogP contribution in [-0.4, -0.2) is 29.7 Å². The van der Waals surface area contributed by atoms with Crippen LogP contribution in [0.2, 0.25) is 0 Å². The molecule has 0 bridgehead atoms. The molecule has 0 spiro atoms. The lowest BCUT2D eigenvalue weighted by Crippen LogP contribution is -2.17. The smallest absolute Gasteiger partial charge is 0.336 e. The number of carboxylic acids is 1. The van der Waals surface area contributed by atoms with Gasteiger partial charge in [-0.1, -0.05) is 24.3 Å². The van der Waals surface area contributed by atoms with Crippen LogP contribution in [0.3, 0.4) is 0 Å². The molecule has 1 aliphatic rings. The van der Waals surface area contributed by atoms with Crippen molar-refractivity contribution in [3.05, 3.63) is 83.2 Å². The third-order valence-electron chi connectivity index (χ3n) is 5.92. The number of rotatable bonds is 6. The normalized spacial score (nSPS) is 15.2. The molecule has 1 N–H and O–H groups in total. The summed E-state index contributed by atoms with van der Waals surface area (Å²) in [5, 5.41) is 9.40. The Morgan fingerprint density at radius 2 is 2.07 bits per heavy atom.